The van der Waals surface area contributed by atoms with Crippen LogP contribution in [0, 0.1) is 17.3 Å². The highest BCUT2D eigenvalue weighted by molar-refractivity contribution is 5.23. The predicted octanol–water partition coefficient (Wildman–Crippen LogP) is 2.44. The first-order valence-corrected chi connectivity index (χ1v) is 3.81. The molecule has 0 nitrogen and oxygen atoms in total. The smallest absolute Gasteiger partial charge is 0.0235 e. The summed E-state index contributed by atoms with van der Waals surface area (Å²) in [7, 11) is 0. The van der Waals surface area contributed by atoms with E-state index in [1.165, 1.54) is 18.8 Å². The summed E-state index contributed by atoms with van der Waals surface area (Å²) in [5.74, 6) is 2.30. The Morgan fingerprint density at radius 2 is 2.25 bits per heavy atom. The molecular formula is C8H14. The molecule has 0 radical (unpaired) electrons. The summed E-state index contributed by atoms with van der Waals surface area (Å²) >= 11 is 0. The van der Waals surface area contributed by atoms with Gasteiger partial charge in [-0.2, -0.15) is 0 Å². The Kier molecular flexibility index (Phi) is 0.678. The first-order valence-electron chi connectivity index (χ1n) is 3.81. The van der Waals surface area contributed by atoms with Crippen LogP contribution in [0.4, 0.5) is 0 Å². The van der Waals surface area contributed by atoms with Gasteiger partial charge in [0.05, 0.1) is 0 Å². The largest absolute Gasteiger partial charge is 0.0654 e. The van der Waals surface area contributed by atoms with Crippen molar-refractivity contribution < 1.29 is 0 Å². The molecule has 0 aromatic heterocycles. The van der Waals surface area contributed by atoms with E-state index in [9.17, 15) is 0 Å². The zero-order valence-electron chi connectivity index (χ0n) is 5.78. The first kappa shape index (κ1) is 4.84. The molecule has 0 saturated heterocycles. The van der Waals surface area contributed by atoms with Crippen molar-refractivity contribution in [1.29, 1.82) is 0 Å². The summed E-state index contributed by atoms with van der Waals surface area (Å²) in [6.45, 7) is 4.71. The lowest BCUT2D eigenvalue weighted by atomic mass is 10.0. The van der Waals surface area contributed by atoms with E-state index in [4.69, 9.17) is 0 Å². The summed E-state index contributed by atoms with van der Waals surface area (Å²) in [4.78, 5) is 0. The maximum atomic E-state index is 2.41. The molecule has 0 heteroatoms. The highest BCUT2D eigenvalue weighted by Crippen LogP contribution is 2.81. The van der Waals surface area contributed by atoms with E-state index in [0.29, 0.717) is 0 Å². The summed E-state index contributed by atoms with van der Waals surface area (Å²) in [5.41, 5.74) is 0.925. The molecular weight excluding hydrogens is 96.1 g/mol. The quantitative estimate of drug-likeness (QED) is 0.512. The Bertz CT molecular complexity index is 111. The Morgan fingerprint density at radius 3 is 2.38 bits per heavy atom. The van der Waals surface area contributed by atoms with Gasteiger partial charge in [-0.25, -0.2) is 0 Å². The van der Waals surface area contributed by atoms with Crippen LogP contribution in [0.3, 0.4) is 0 Å². The summed E-state index contributed by atoms with van der Waals surface area (Å²) in [6, 6.07) is 0. The lowest BCUT2D eigenvalue weighted by Crippen LogP contribution is -1.92. The van der Waals surface area contributed by atoms with Crippen LogP contribution < -0.4 is 0 Å². The van der Waals surface area contributed by atoms with Gasteiger partial charge in [0, 0.05) is 0 Å². The molecule has 0 N–H and O–H groups in total. The zero-order valence-corrected chi connectivity index (χ0v) is 5.78. The maximum absolute atomic E-state index is 2.41. The average Bonchev–Trinajstić information content (AvgIpc) is 2.55. The molecule has 0 amide bonds. The third kappa shape index (κ3) is 0.340. The van der Waals surface area contributed by atoms with E-state index in [-0.39, 0.29) is 0 Å². The van der Waals surface area contributed by atoms with Crippen LogP contribution >= 0.6 is 0 Å². The van der Waals surface area contributed by atoms with Gasteiger partial charge in [-0.1, -0.05) is 20.3 Å². The Labute approximate surface area is 51.3 Å². The van der Waals surface area contributed by atoms with Gasteiger partial charge in [0.1, 0.15) is 0 Å². The highest BCUT2D eigenvalue weighted by atomic mass is 14.8. The summed E-state index contributed by atoms with van der Waals surface area (Å²) in [6.07, 6.45) is 4.49. The number of hydrogen-bond acceptors (Lipinski definition) is 0. The van der Waals surface area contributed by atoms with Crippen molar-refractivity contribution in [3.05, 3.63) is 0 Å². The highest BCUT2D eigenvalue weighted by Gasteiger charge is 2.74. The lowest BCUT2D eigenvalue weighted by Gasteiger charge is -2.02. The molecule has 0 aromatic carbocycles. The molecule has 0 bridgehead atoms. The van der Waals surface area contributed by atoms with E-state index in [1.807, 2.05) is 0 Å². The summed E-state index contributed by atoms with van der Waals surface area (Å²) < 4.78 is 0. The topological polar surface area (TPSA) is 0 Å². The molecule has 2 aliphatic carbocycles. The molecule has 0 aliphatic heterocycles. The third-order valence-electron chi connectivity index (χ3n) is 3.30. The standard InChI is InChI=1S/C8H14/c1-3-4-8-5-7(8)6(8)2/h6-7H,3-5H2,1-2H3. The van der Waals surface area contributed by atoms with Gasteiger partial charge in [0.25, 0.3) is 0 Å². The van der Waals surface area contributed by atoms with E-state index in [2.05, 4.69) is 13.8 Å². The van der Waals surface area contributed by atoms with E-state index in [0.717, 1.165) is 11.3 Å². The van der Waals surface area contributed by atoms with Crippen LogP contribution in [0.5, 0.6) is 0 Å². The van der Waals surface area contributed by atoms with E-state index in [1.54, 1.807) is 6.42 Å². The number of fused-ring (bicyclic) bond motifs is 1. The minimum absolute atomic E-state index is 0.925. The van der Waals surface area contributed by atoms with Crippen LogP contribution in [0.2, 0.25) is 0 Å². The van der Waals surface area contributed by atoms with Crippen LogP contribution in [0.1, 0.15) is 33.1 Å². The number of hydrogen-bond donors (Lipinski definition) is 0. The molecule has 2 saturated carbocycles. The monoisotopic (exact) mass is 110 g/mol. The molecule has 2 fully saturated rings. The van der Waals surface area contributed by atoms with Crippen molar-refractivity contribution in [2.45, 2.75) is 33.1 Å². The van der Waals surface area contributed by atoms with Crippen LogP contribution in [0.25, 0.3) is 0 Å². The predicted molar refractivity (Wildman–Crippen MR) is 34.6 cm³/mol. The Morgan fingerprint density at radius 1 is 1.62 bits per heavy atom. The van der Waals surface area contributed by atoms with Crippen molar-refractivity contribution in [3.8, 4) is 0 Å². The van der Waals surface area contributed by atoms with Crippen molar-refractivity contribution in [1.82, 2.24) is 0 Å². The average molecular weight is 110 g/mol. The molecule has 3 unspecified atom stereocenters. The second-order valence-corrected chi connectivity index (χ2v) is 3.58. The van der Waals surface area contributed by atoms with Crippen LogP contribution in [-0.2, 0) is 0 Å². The molecule has 3 atom stereocenters. The molecule has 2 rings (SSSR count). The fraction of sp³-hybridized carbons (Fsp3) is 1.00. The molecule has 0 spiro atoms. The van der Waals surface area contributed by atoms with Gasteiger partial charge in [-0.15, -0.1) is 0 Å². The van der Waals surface area contributed by atoms with Crippen molar-refractivity contribution in [2.24, 2.45) is 17.3 Å². The van der Waals surface area contributed by atoms with Gasteiger partial charge >= 0.3 is 0 Å². The van der Waals surface area contributed by atoms with Crippen LogP contribution in [0.15, 0.2) is 0 Å². The van der Waals surface area contributed by atoms with Crippen molar-refractivity contribution in [2.75, 3.05) is 0 Å². The summed E-state index contributed by atoms with van der Waals surface area (Å²) in [5, 5.41) is 0. The van der Waals surface area contributed by atoms with E-state index < -0.39 is 0 Å². The molecule has 0 aromatic rings. The van der Waals surface area contributed by atoms with Gasteiger partial charge in [0.2, 0.25) is 0 Å². The van der Waals surface area contributed by atoms with Gasteiger partial charge in [-0.3, -0.25) is 0 Å². The van der Waals surface area contributed by atoms with Crippen molar-refractivity contribution in [3.63, 3.8) is 0 Å². The maximum Gasteiger partial charge on any atom is -0.0235 e. The van der Waals surface area contributed by atoms with Crippen LogP contribution in [-0.4, -0.2) is 0 Å². The minimum Gasteiger partial charge on any atom is -0.0654 e. The normalized spacial score (nSPS) is 57.8. The lowest BCUT2D eigenvalue weighted by molar-refractivity contribution is 0.481. The zero-order chi connectivity index (χ0) is 5.78. The fourth-order valence-electron chi connectivity index (χ4n) is 2.34. The Hall–Kier alpha value is 0. The SMILES string of the molecule is CCCC12CC1C2C. The molecule has 46 valence electrons. The van der Waals surface area contributed by atoms with Gasteiger partial charge < -0.3 is 0 Å². The number of rotatable bonds is 2. The van der Waals surface area contributed by atoms with Gasteiger partial charge in [-0.05, 0) is 30.1 Å². The second kappa shape index (κ2) is 1.12. The minimum atomic E-state index is 0.925. The third-order valence-corrected chi connectivity index (χ3v) is 3.30. The molecule has 2 aliphatic rings. The Balaban J connectivity index is 1.91. The second-order valence-electron chi connectivity index (χ2n) is 3.58. The molecule has 0 heterocycles. The van der Waals surface area contributed by atoms with Crippen molar-refractivity contribution >= 4 is 0 Å². The molecule has 8 heavy (non-hydrogen) atoms. The first-order chi connectivity index (χ1) is 3.81. The van der Waals surface area contributed by atoms with Gasteiger partial charge in [0.15, 0.2) is 0 Å². The fourth-order valence-corrected chi connectivity index (χ4v) is 2.34. The van der Waals surface area contributed by atoms with E-state index >= 15 is 0 Å².